The Kier molecular flexibility index (Phi) is 3.92. The van der Waals surface area contributed by atoms with Crippen LogP contribution in [0.2, 0.25) is 0 Å². The van der Waals surface area contributed by atoms with Crippen LogP contribution in [0.1, 0.15) is 18.4 Å². The van der Waals surface area contributed by atoms with Crippen molar-refractivity contribution in [2.24, 2.45) is 5.92 Å². The number of nitrogens with zero attached hydrogens (tertiary/aromatic N) is 1. The number of likely N-dealkylation sites (tertiary alicyclic amines) is 1. The van der Waals surface area contributed by atoms with Crippen molar-refractivity contribution in [1.82, 2.24) is 10.2 Å². The lowest BCUT2D eigenvalue weighted by atomic mass is 9.92. The molecule has 0 aliphatic carbocycles. The Morgan fingerprint density at radius 1 is 1.30 bits per heavy atom. The molecular formula is C16H23N3O. The first-order chi connectivity index (χ1) is 9.72. The second-order valence-electron chi connectivity index (χ2n) is 6.03. The number of amides is 1. The van der Waals surface area contributed by atoms with E-state index in [2.05, 4.69) is 34.7 Å². The highest BCUT2D eigenvalue weighted by Gasteiger charge is 2.26. The maximum Gasteiger partial charge on any atom is 0.225 e. The third kappa shape index (κ3) is 2.96. The van der Waals surface area contributed by atoms with Crippen molar-refractivity contribution >= 4 is 11.6 Å². The molecule has 4 nitrogen and oxygen atoms in total. The Morgan fingerprint density at radius 3 is 2.85 bits per heavy atom. The van der Waals surface area contributed by atoms with E-state index < -0.39 is 0 Å². The smallest absolute Gasteiger partial charge is 0.225 e. The van der Waals surface area contributed by atoms with Crippen LogP contribution in [0.5, 0.6) is 0 Å². The molecule has 0 aromatic heterocycles. The fourth-order valence-electron chi connectivity index (χ4n) is 3.10. The van der Waals surface area contributed by atoms with Crippen molar-refractivity contribution in [2.45, 2.75) is 25.3 Å². The van der Waals surface area contributed by atoms with Gasteiger partial charge in [-0.05, 0) is 51.0 Å². The Balaban J connectivity index is 1.56. The summed E-state index contributed by atoms with van der Waals surface area (Å²) in [5.74, 6) is 0.270. The molecule has 1 aromatic carbocycles. The van der Waals surface area contributed by atoms with E-state index in [1.165, 1.54) is 11.3 Å². The summed E-state index contributed by atoms with van der Waals surface area (Å²) in [6.45, 7) is 2.91. The molecule has 1 atom stereocenters. The topological polar surface area (TPSA) is 44.4 Å². The van der Waals surface area contributed by atoms with Gasteiger partial charge in [0.2, 0.25) is 5.91 Å². The van der Waals surface area contributed by atoms with E-state index in [-0.39, 0.29) is 11.8 Å². The normalized spacial score (nSPS) is 23.8. The molecular weight excluding hydrogens is 250 g/mol. The summed E-state index contributed by atoms with van der Waals surface area (Å²) in [4.78, 5) is 14.7. The predicted molar refractivity (Wildman–Crippen MR) is 80.8 cm³/mol. The number of rotatable bonds is 2. The van der Waals surface area contributed by atoms with Gasteiger partial charge < -0.3 is 15.5 Å². The van der Waals surface area contributed by atoms with Crippen LogP contribution in [0.15, 0.2) is 24.3 Å². The van der Waals surface area contributed by atoms with E-state index in [1.54, 1.807) is 0 Å². The maximum absolute atomic E-state index is 12.4. The van der Waals surface area contributed by atoms with E-state index in [0.29, 0.717) is 6.04 Å². The largest absolute Gasteiger partial charge is 0.384 e. The molecule has 2 N–H and O–H groups in total. The minimum absolute atomic E-state index is 0.0598. The van der Waals surface area contributed by atoms with Gasteiger partial charge in [-0.25, -0.2) is 0 Å². The van der Waals surface area contributed by atoms with Crippen molar-refractivity contribution < 1.29 is 4.79 Å². The zero-order valence-electron chi connectivity index (χ0n) is 12.1. The van der Waals surface area contributed by atoms with Gasteiger partial charge in [0, 0.05) is 18.3 Å². The van der Waals surface area contributed by atoms with Crippen LogP contribution in [0.3, 0.4) is 0 Å². The molecule has 1 unspecified atom stereocenters. The van der Waals surface area contributed by atoms with Crippen molar-refractivity contribution in [2.75, 3.05) is 32.0 Å². The van der Waals surface area contributed by atoms with Crippen molar-refractivity contribution in [1.29, 1.82) is 0 Å². The lowest BCUT2D eigenvalue weighted by Crippen LogP contribution is -2.47. The second kappa shape index (κ2) is 5.83. The van der Waals surface area contributed by atoms with Gasteiger partial charge in [0.25, 0.3) is 0 Å². The van der Waals surface area contributed by atoms with Gasteiger partial charge in [0.1, 0.15) is 0 Å². The highest BCUT2D eigenvalue weighted by Crippen LogP contribution is 2.24. The number of nitrogens with one attached hydrogen (secondary N) is 2. The zero-order valence-corrected chi connectivity index (χ0v) is 12.1. The minimum atomic E-state index is 0.0598. The molecule has 2 aliphatic rings. The summed E-state index contributed by atoms with van der Waals surface area (Å²) < 4.78 is 0. The molecule has 1 fully saturated rings. The first-order valence-corrected chi connectivity index (χ1v) is 7.53. The van der Waals surface area contributed by atoms with Gasteiger partial charge in [-0.2, -0.15) is 0 Å². The van der Waals surface area contributed by atoms with Crippen LogP contribution in [0.4, 0.5) is 5.69 Å². The number of benzene rings is 1. The van der Waals surface area contributed by atoms with Gasteiger partial charge in [-0.3, -0.25) is 4.79 Å². The summed E-state index contributed by atoms with van der Waals surface area (Å²) in [5, 5.41) is 6.60. The lowest BCUT2D eigenvalue weighted by Gasteiger charge is -2.32. The molecule has 4 heteroatoms. The van der Waals surface area contributed by atoms with Crippen LogP contribution < -0.4 is 10.6 Å². The fraction of sp³-hybridized carbons (Fsp3) is 0.562. The Morgan fingerprint density at radius 2 is 2.05 bits per heavy atom. The first-order valence-electron chi connectivity index (χ1n) is 7.53. The average molecular weight is 273 g/mol. The third-order valence-electron chi connectivity index (χ3n) is 4.46. The summed E-state index contributed by atoms with van der Waals surface area (Å²) in [5.41, 5.74) is 2.43. The van der Waals surface area contributed by atoms with Crippen LogP contribution >= 0.6 is 0 Å². The number of carbonyl (C=O) groups is 1. The quantitative estimate of drug-likeness (QED) is 0.858. The molecule has 0 spiro atoms. The highest BCUT2D eigenvalue weighted by atomic mass is 16.2. The van der Waals surface area contributed by atoms with E-state index in [4.69, 9.17) is 0 Å². The Labute approximate surface area is 120 Å². The monoisotopic (exact) mass is 273 g/mol. The van der Waals surface area contributed by atoms with Crippen molar-refractivity contribution in [3.05, 3.63) is 29.8 Å². The molecule has 0 saturated carbocycles. The molecule has 3 rings (SSSR count). The number of hydrogen-bond donors (Lipinski definition) is 2. The molecule has 1 saturated heterocycles. The third-order valence-corrected chi connectivity index (χ3v) is 4.46. The number of para-hydroxylation sites is 1. The van der Waals surface area contributed by atoms with Crippen LogP contribution in [-0.4, -0.2) is 43.5 Å². The van der Waals surface area contributed by atoms with E-state index in [1.807, 2.05) is 12.1 Å². The van der Waals surface area contributed by atoms with Crippen molar-refractivity contribution in [3.63, 3.8) is 0 Å². The van der Waals surface area contributed by atoms with Gasteiger partial charge >= 0.3 is 0 Å². The zero-order chi connectivity index (χ0) is 13.9. The molecule has 20 heavy (non-hydrogen) atoms. The Hall–Kier alpha value is -1.55. The summed E-state index contributed by atoms with van der Waals surface area (Å²) in [7, 11) is 2.14. The van der Waals surface area contributed by atoms with Gasteiger partial charge in [0.15, 0.2) is 0 Å². The van der Waals surface area contributed by atoms with Gasteiger partial charge in [0.05, 0.1) is 5.92 Å². The molecule has 108 valence electrons. The van der Waals surface area contributed by atoms with Gasteiger partial charge in [-0.15, -0.1) is 0 Å². The average Bonchev–Trinajstić information content (AvgIpc) is 2.49. The summed E-state index contributed by atoms with van der Waals surface area (Å²) in [6.07, 6.45) is 2.99. The first kappa shape index (κ1) is 13.4. The molecule has 0 radical (unpaired) electrons. The minimum Gasteiger partial charge on any atom is -0.384 e. The number of anilines is 1. The summed E-state index contributed by atoms with van der Waals surface area (Å²) >= 11 is 0. The number of hydrogen-bond acceptors (Lipinski definition) is 3. The van der Waals surface area contributed by atoms with Crippen LogP contribution in [0, 0.1) is 5.92 Å². The van der Waals surface area contributed by atoms with Gasteiger partial charge in [-0.1, -0.05) is 18.2 Å². The van der Waals surface area contributed by atoms with Crippen LogP contribution in [-0.2, 0) is 11.2 Å². The number of piperidine rings is 1. The molecule has 2 aliphatic heterocycles. The van der Waals surface area contributed by atoms with Crippen molar-refractivity contribution in [3.8, 4) is 0 Å². The highest BCUT2D eigenvalue weighted by molar-refractivity contribution is 5.81. The number of carbonyl (C=O) groups excluding carboxylic acids is 1. The van der Waals surface area contributed by atoms with E-state index in [0.717, 1.165) is 38.9 Å². The molecule has 0 bridgehead atoms. The molecule has 1 aromatic rings. The van der Waals surface area contributed by atoms with E-state index >= 15 is 0 Å². The maximum atomic E-state index is 12.4. The fourth-order valence-corrected chi connectivity index (χ4v) is 3.10. The SMILES string of the molecule is CN1CCC(NC(=O)C2CNc3ccccc3C2)CC1. The van der Waals surface area contributed by atoms with E-state index in [9.17, 15) is 4.79 Å². The Bertz CT molecular complexity index is 480. The number of fused-ring (bicyclic) bond motifs is 1. The van der Waals surface area contributed by atoms with Crippen LogP contribution in [0.25, 0.3) is 0 Å². The predicted octanol–water partition coefficient (Wildman–Crippen LogP) is 1.48. The molecule has 1 amide bonds. The lowest BCUT2D eigenvalue weighted by molar-refractivity contribution is -0.125. The standard InChI is InChI=1S/C16H23N3O/c1-19-8-6-14(7-9-19)18-16(20)13-10-12-4-2-3-5-15(12)17-11-13/h2-5,13-14,17H,6-11H2,1H3,(H,18,20). The summed E-state index contributed by atoms with van der Waals surface area (Å²) in [6, 6.07) is 8.62. The second-order valence-corrected chi connectivity index (χ2v) is 6.03. The molecule has 2 heterocycles.